The fourth-order valence-corrected chi connectivity index (χ4v) is 2.99. The van der Waals surface area contributed by atoms with Crippen LogP contribution in [-0.2, 0) is 6.42 Å². The topological polar surface area (TPSA) is 37.8 Å². The maximum Gasteiger partial charge on any atom is 0.145 e. The zero-order valence-corrected chi connectivity index (χ0v) is 10.6. The van der Waals surface area contributed by atoms with Gasteiger partial charge in [0.15, 0.2) is 0 Å². The Morgan fingerprint density at radius 1 is 1.38 bits per heavy atom. The van der Waals surface area contributed by atoms with Gasteiger partial charge < -0.3 is 5.32 Å². The molecule has 0 spiro atoms. The fourth-order valence-electron chi connectivity index (χ4n) is 2.21. The van der Waals surface area contributed by atoms with Crippen LogP contribution in [0.2, 0.25) is 0 Å². The van der Waals surface area contributed by atoms with E-state index in [2.05, 4.69) is 21.6 Å². The van der Waals surface area contributed by atoms with Crippen LogP contribution in [-0.4, -0.2) is 21.9 Å². The molecule has 3 nitrogen and oxygen atoms in total. The van der Waals surface area contributed by atoms with E-state index in [1.54, 1.807) is 11.5 Å². The molecule has 2 aliphatic carbocycles. The average Bonchev–Trinajstić information content (AvgIpc) is 3.18. The van der Waals surface area contributed by atoms with Crippen LogP contribution in [0.3, 0.4) is 0 Å². The summed E-state index contributed by atoms with van der Waals surface area (Å²) in [5.41, 5.74) is 0. The smallest absolute Gasteiger partial charge is 0.145 e. The molecule has 0 aliphatic heterocycles. The van der Waals surface area contributed by atoms with Gasteiger partial charge in [0, 0.05) is 18.4 Å². The lowest BCUT2D eigenvalue weighted by Gasteiger charge is -2.14. The molecule has 1 atom stereocenters. The summed E-state index contributed by atoms with van der Waals surface area (Å²) < 4.78 is 4.47. The quantitative estimate of drug-likeness (QED) is 0.825. The molecule has 1 heterocycles. The minimum absolute atomic E-state index is 0.644. The van der Waals surface area contributed by atoms with Gasteiger partial charge in [-0.2, -0.15) is 4.37 Å². The molecule has 1 N–H and O–H groups in total. The van der Waals surface area contributed by atoms with Crippen LogP contribution >= 0.6 is 11.5 Å². The second-order valence-corrected chi connectivity index (χ2v) is 5.86. The van der Waals surface area contributed by atoms with Crippen LogP contribution < -0.4 is 5.32 Å². The van der Waals surface area contributed by atoms with Crippen molar-refractivity contribution >= 4 is 11.5 Å². The van der Waals surface area contributed by atoms with Crippen LogP contribution in [0.4, 0.5) is 0 Å². The molecule has 4 heteroatoms. The average molecular weight is 237 g/mol. The molecule has 88 valence electrons. The molecule has 1 aromatic heterocycles. The second kappa shape index (κ2) is 4.41. The van der Waals surface area contributed by atoms with Gasteiger partial charge in [0.1, 0.15) is 10.8 Å². The van der Waals surface area contributed by atoms with E-state index in [1.807, 2.05) is 0 Å². The van der Waals surface area contributed by atoms with Gasteiger partial charge in [0.25, 0.3) is 0 Å². The van der Waals surface area contributed by atoms with Gasteiger partial charge >= 0.3 is 0 Å². The number of hydrogen-bond acceptors (Lipinski definition) is 4. The molecule has 2 saturated carbocycles. The molecule has 0 saturated heterocycles. The number of nitrogens with zero attached hydrogens (tertiary/aromatic N) is 2. The first-order valence-corrected chi connectivity index (χ1v) is 7.20. The largest absolute Gasteiger partial charge is 0.314 e. The Morgan fingerprint density at radius 3 is 2.81 bits per heavy atom. The van der Waals surface area contributed by atoms with E-state index in [9.17, 15) is 0 Å². The summed E-state index contributed by atoms with van der Waals surface area (Å²) >= 11 is 1.62. The lowest BCUT2D eigenvalue weighted by atomic mass is 10.1. The van der Waals surface area contributed by atoms with Gasteiger partial charge in [-0.1, -0.05) is 6.92 Å². The van der Waals surface area contributed by atoms with Crippen LogP contribution in [0, 0.1) is 5.92 Å². The summed E-state index contributed by atoms with van der Waals surface area (Å²) in [6.45, 7) is 3.25. The maximum absolute atomic E-state index is 4.67. The van der Waals surface area contributed by atoms with Gasteiger partial charge in [-0.05, 0) is 49.7 Å². The van der Waals surface area contributed by atoms with E-state index >= 15 is 0 Å². The monoisotopic (exact) mass is 237 g/mol. The Labute approximate surface area is 101 Å². The van der Waals surface area contributed by atoms with Crippen molar-refractivity contribution in [3.63, 3.8) is 0 Å². The first kappa shape index (κ1) is 10.7. The molecule has 3 rings (SSSR count). The van der Waals surface area contributed by atoms with Gasteiger partial charge in [-0.3, -0.25) is 0 Å². The minimum atomic E-state index is 0.644. The fraction of sp³-hybridized carbons (Fsp3) is 0.833. The molecular formula is C12H19N3S. The van der Waals surface area contributed by atoms with E-state index < -0.39 is 0 Å². The summed E-state index contributed by atoms with van der Waals surface area (Å²) in [6.07, 6.45) is 6.48. The Morgan fingerprint density at radius 2 is 2.19 bits per heavy atom. The molecular weight excluding hydrogens is 218 g/mol. The molecule has 2 aliphatic rings. The van der Waals surface area contributed by atoms with Crippen molar-refractivity contribution in [2.24, 2.45) is 5.92 Å². The predicted octanol–water partition coefficient (Wildman–Crippen LogP) is 2.35. The summed E-state index contributed by atoms with van der Waals surface area (Å²) in [4.78, 5) is 4.67. The molecule has 2 fully saturated rings. The van der Waals surface area contributed by atoms with Crippen molar-refractivity contribution in [2.75, 3.05) is 6.54 Å². The highest BCUT2D eigenvalue weighted by molar-refractivity contribution is 7.05. The summed E-state index contributed by atoms with van der Waals surface area (Å²) in [5.74, 6) is 2.71. The van der Waals surface area contributed by atoms with Crippen LogP contribution in [0.5, 0.6) is 0 Å². The second-order valence-electron chi connectivity index (χ2n) is 5.03. The van der Waals surface area contributed by atoms with Gasteiger partial charge in [-0.15, -0.1) is 0 Å². The third-order valence-corrected chi connectivity index (χ3v) is 4.23. The highest BCUT2D eigenvalue weighted by atomic mass is 32.1. The lowest BCUT2D eigenvalue weighted by molar-refractivity contribution is 0.471. The van der Waals surface area contributed by atoms with Crippen molar-refractivity contribution < 1.29 is 0 Å². The van der Waals surface area contributed by atoms with E-state index in [0.29, 0.717) is 12.0 Å². The first-order valence-electron chi connectivity index (χ1n) is 6.42. The van der Waals surface area contributed by atoms with Gasteiger partial charge in [0.2, 0.25) is 0 Å². The molecule has 1 unspecified atom stereocenters. The Bertz CT molecular complexity index is 355. The number of likely N-dealkylation sites (N-methyl/N-ethyl adjacent to an activating group) is 1. The van der Waals surface area contributed by atoms with Crippen LogP contribution in [0.25, 0.3) is 0 Å². The Hall–Kier alpha value is -0.480. The Kier molecular flexibility index (Phi) is 2.94. The highest BCUT2D eigenvalue weighted by Gasteiger charge is 2.32. The van der Waals surface area contributed by atoms with Crippen molar-refractivity contribution in [3.8, 4) is 0 Å². The molecule has 0 aromatic carbocycles. The van der Waals surface area contributed by atoms with Crippen molar-refractivity contribution in [1.29, 1.82) is 0 Å². The van der Waals surface area contributed by atoms with Gasteiger partial charge in [-0.25, -0.2) is 4.98 Å². The number of hydrogen-bond donors (Lipinski definition) is 1. The standard InChI is InChI=1S/C12H19N3S/c1-2-13-10(8-3-4-8)7-11-14-12(15-16-11)9-5-6-9/h8-10,13H,2-7H2,1H3. The SMILES string of the molecule is CCNC(Cc1nc(C2CC2)ns1)C1CC1. The van der Waals surface area contributed by atoms with Crippen molar-refractivity contribution in [3.05, 3.63) is 10.8 Å². The molecule has 0 radical (unpaired) electrons. The third-order valence-electron chi connectivity index (χ3n) is 3.48. The zero-order chi connectivity index (χ0) is 11.0. The van der Waals surface area contributed by atoms with Crippen LogP contribution in [0.1, 0.15) is 49.4 Å². The van der Waals surface area contributed by atoms with Crippen molar-refractivity contribution in [2.45, 2.75) is 51.0 Å². The third kappa shape index (κ3) is 2.43. The summed E-state index contributed by atoms with van der Waals surface area (Å²) in [6, 6.07) is 0.644. The zero-order valence-electron chi connectivity index (χ0n) is 9.78. The summed E-state index contributed by atoms with van der Waals surface area (Å²) in [5, 5.41) is 4.82. The lowest BCUT2D eigenvalue weighted by Crippen LogP contribution is -2.32. The predicted molar refractivity (Wildman–Crippen MR) is 65.8 cm³/mol. The van der Waals surface area contributed by atoms with E-state index in [4.69, 9.17) is 0 Å². The summed E-state index contributed by atoms with van der Waals surface area (Å²) in [7, 11) is 0. The van der Waals surface area contributed by atoms with Gasteiger partial charge in [0.05, 0.1) is 0 Å². The Balaban J connectivity index is 1.61. The number of nitrogens with one attached hydrogen (secondary N) is 1. The molecule has 16 heavy (non-hydrogen) atoms. The minimum Gasteiger partial charge on any atom is -0.314 e. The highest BCUT2D eigenvalue weighted by Crippen LogP contribution is 2.39. The molecule has 0 amide bonds. The normalized spacial score (nSPS) is 22.3. The number of rotatable bonds is 6. The van der Waals surface area contributed by atoms with E-state index in [-0.39, 0.29) is 0 Å². The van der Waals surface area contributed by atoms with E-state index in [1.165, 1.54) is 30.7 Å². The molecule has 1 aromatic rings. The number of aromatic nitrogens is 2. The maximum atomic E-state index is 4.67. The molecule has 0 bridgehead atoms. The van der Waals surface area contributed by atoms with E-state index in [0.717, 1.165) is 24.7 Å². The van der Waals surface area contributed by atoms with Crippen LogP contribution in [0.15, 0.2) is 0 Å². The first-order chi connectivity index (χ1) is 7.86. The van der Waals surface area contributed by atoms with Crippen molar-refractivity contribution in [1.82, 2.24) is 14.7 Å².